The normalized spacial score (nSPS) is 23.1. The first-order chi connectivity index (χ1) is 7.81. The van der Waals surface area contributed by atoms with E-state index in [4.69, 9.17) is 5.26 Å². The first-order valence-corrected chi connectivity index (χ1v) is 6.26. The topological polar surface area (TPSA) is 56.1 Å². The summed E-state index contributed by atoms with van der Waals surface area (Å²) >= 11 is 0. The molecular weight excluding hydrogens is 202 g/mol. The van der Waals surface area contributed by atoms with Crippen LogP contribution in [0.2, 0.25) is 0 Å². The highest BCUT2D eigenvalue weighted by Gasteiger charge is 2.33. The second kappa shape index (κ2) is 5.20. The molecule has 4 nitrogen and oxygen atoms in total. The smallest absolute Gasteiger partial charge is 0.318 e. The molecule has 1 saturated carbocycles. The Kier molecular flexibility index (Phi) is 3.66. The number of carbonyl (C=O) groups excluding carboxylic acids is 1. The van der Waals surface area contributed by atoms with E-state index in [9.17, 15) is 4.79 Å². The van der Waals surface area contributed by atoms with Crippen LogP contribution in [0.25, 0.3) is 0 Å². The minimum absolute atomic E-state index is 0.0413. The molecule has 2 aliphatic rings. The fourth-order valence-corrected chi connectivity index (χ4v) is 2.18. The van der Waals surface area contributed by atoms with Gasteiger partial charge in [-0.1, -0.05) is 12.8 Å². The van der Waals surface area contributed by atoms with Crippen molar-refractivity contribution in [1.29, 1.82) is 5.26 Å². The quantitative estimate of drug-likeness (QED) is 0.774. The van der Waals surface area contributed by atoms with Crippen molar-refractivity contribution in [2.45, 2.75) is 44.6 Å². The number of nitriles is 1. The third-order valence-electron chi connectivity index (χ3n) is 3.40. The predicted octanol–water partition coefficient (Wildman–Crippen LogP) is 1.87. The van der Waals surface area contributed by atoms with Crippen molar-refractivity contribution in [1.82, 2.24) is 10.2 Å². The summed E-state index contributed by atoms with van der Waals surface area (Å²) in [6.07, 6.45) is 6.78. The van der Waals surface area contributed by atoms with Crippen LogP contribution < -0.4 is 5.32 Å². The van der Waals surface area contributed by atoms with Gasteiger partial charge in [0.1, 0.15) is 6.04 Å². The summed E-state index contributed by atoms with van der Waals surface area (Å²) in [4.78, 5) is 13.8. The Hall–Kier alpha value is -1.24. The highest BCUT2D eigenvalue weighted by Crippen LogP contribution is 2.32. The molecule has 0 aromatic heterocycles. The molecule has 2 amide bonds. The summed E-state index contributed by atoms with van der Waals surface area (Å²) in [7, 11) is 0. The Morgan fingerprint density at radius 1 is 1.25 bits per heavy atom. The molecule has 0 aromatic carbocycles. The summed E-state index contributed by atoms with van der Waals surface area (Å²) in [5.41, 5.74) is 0. The summed E-state index contributed by atoms with van der Waals surface area (Å²) in [5.74, 6) is 0.404. The van der Waals surface area contributed by atoms with Gasteiger partial charge in [0.15, 0.2) is 0 Å². The summed E-state index contributed by atoms with van der Waals surface area (Å²) in [6, 6.07) is 1.88. The lowest BCUT2D eigenvalue weighted by Gasteiger charge is -2.22. The number of nitrogens with one attached hydrogen (secondary N) is 1. The Morgan fingerprint density at radius 3 is 2.38 bits per heavy atom. The van der Waals surface area contributed by atoms with E-state index in [0.29, 0.717) is 5.92 Å². The lowest BCUT2D eigenvalue weighted by Crippen LogP contribution is -2.45. The Labute approximate surface area is 96.6 Å². The highest BCUT2D eigenvalue weighted by atomic mass is 16.2. The van der Waals surface area contributed by atoms with Crippen molar-refractivity contribution < 1.29 is 4.79 Å². The SMILES string of the molecule is N#CC(NC(=O)N1CCCCCC1)C1CC1. The zero-order chi connectivity index (χ0) is 11.4. The molecule has 88 valence electrons. The van der Waals surface area contributed by atoms with Crippen molar-refractivity contribution in [3.05, 3.63) is 0 Å². The first-order valence-electron chi connectivity index (χ1n) is 6.26. The average Bonchev–Trinajstić information content (AvgIpc) is 3.11. The fourth-order valence-electron chi connectivity index (χ4n) is 2.18. The van der Waals surface area contributed by atoms with Crippen molar-refractivity contribution >= 4 is 6.03 Å². The molecule has 0 aromatic rings. The second-order valence-electron chi connectivity index (χ2n) is 4.79. The summed E-state index contributed by atoms with van der Waals surface area (Å²) in [5, 5.41) is 11.8. The molecule has 1 atom stereocenters. The monoisotopic (exact) mass is 221 g/mol. The third kappa shape index (κ3) is 2.88. The maximum Gasteiger partial charge on any atom is 0.318 e. The molecule has 2 rings (SSSR count). The first kappa shape index (κ1) is 11.3. The van der Waals surface area contributed by atoms with Gasteiger partial charge in [0.2, 0.25) is 0 Å². The van der Waals surface area contributed by atoms with Crippen LogP contribution in [0.4, 0.5) is 4.79 Å². The van der Waals surface area contributed by atoms with Crippen LogP contribution in [0.3, 0.4) is 0 Å². The zero-order valence-electron chi connectivity index (χ0n) is 9.61. The highest BCUT2D eigenvalue weighted by molar-refractivity contribution is 5.75. The van der Waals surface area contributed by atoms with Crippen molar-refractivity contribution in [2.75, 3.05) is 13.1 Å². The Morgan fingerprint density at radius 2 is 1.88 bits per heavy atom. The van der Waals surface area contributed by atoms with Crippen molar-refractivity contribution in [2.24, 2.45) is 5.92 Å². The lowest BCUT2D eigenvalue weighted by molar-refractivity contribution is 0.197. The summed E-state index contributed by atoms with van der Waals surface area (Å²) in [6.45, 7) is 1.68. The van der Waals surface area contributed by atoms with E-state index < -0.39 is 0 Å². The number of nitrogens with zero attached hydrogens (tertiary/aromatic N) is 2. The Balaban J connectivity index is 1.83. The van der Waals surface area contributed by atoms with E-state index in [1.165, 1.54) is 12.8 Å². The lowest BCUT2D eigenvalue weighted by atomic mass is 10.2. The van der Waals surface area contributed by atoms with E-state index in [1.807, 2.05) is 4.90 Å². The molecule has 16 heavy (non-hydrogen) atoms. The van der Waals surface area contributed by atoms with Gasteiger partial charge in [-0.05, 0) is 31.6 Å². The maximum atomic E-state index is 11.9. The molecule has 1 heterocycles. The van der Waals surface area contributed by atoms with E-state index in [-0.39, 0.29) is 12.1 Å². The molecule has 0 radical (unpaired) electrons. The van der Waals surface area contributed by atoms with Crippen LogP contribution in [0, 0.1) is 17.2 Å². The van der Waals surface area contributed by atoms with Gasteiger partial charge in [-0.2, -0.15) is 5.26 Å². The van der Waals surface area contributed by atoms with Crippen molar-refractivity contribution in [3.63, 3.8) is 0 Å². The molecule has 1 unspecified atom stereocenters. The van der Waals surface area contributed by atoms with Gasteiger partial charge in [-0.15, -0.1) is 0 Å². The molecular formula is C12H19N3O. The van der Waals surface area contributed by atoms with Gasteiger partial charge < -0.3 is 10.2 Å². The van der Waals surface area contributed by atoms with Crippen LogP contribution in [-0.2, 0) is 0 Å². The van der Waals surface area contributed by atoms with E-state index in [0.717, 1.165) is 38.8 Å². The van der Waals surface area contributed by atoms with Crippen LogP contribution in [-0.4, -0.2) is 30.1 Å². The molecule has 1 N–H and O–H groups in total. The van der Waals surface area contributed by atoms with Crippen molar-refractivity contribution in [3.8, 4) is 6.07 Å². The number of rotatable bonds is 2. The number of urea groups is 1. The Bertz CT molecular complexity index is 285. The van der Waals surface area contributed by atoms with Gasteiger partial charge in [0.05, 0.1) is 6.07 Å². The molecule has 1 aliphatic heterocycles. The largest absolute Gasteiger partial charge is 0.325 e. The van der Waals surface area contributed by atoms with Crippen LogP contribution >= 0.6 is 0 Å². The second-order valence-corrected chi connectivity index (χ2v) is 4.79. The van der Waals surface area contributed by atoms with Crippen LogP contribution in [0.5, 0.6) is 0 Å². The average molecular weight is 221 g/mol. The van der Waals surface area contributed by atoms with E-state index in [2.05, 4.69) is 11.4 Å². The van der Waals surface area contributed by atoms with Gasteiger partial charge >= 0.3 is 6.03 Å². The summed E-state index contributed by atoms with van der Waals surface area (Å²) < 4.78 is 0. The third-order valence-corrected chi connectivity index (χ3v) is 3.40. The molecule has 4 heteroatoms. The number of amides is 2. The minimum Gasteiger partial charge on any atom is -0.325 e. The molecule has 0 spiro atoms. The van der Waals surface area contributed by atoms with E-state index >= 15 is 0 Å². The molecule has 0 bridgehead atoms. The van der Waals surface area contributed by atoms with Crippen LogP contribution in [0.15, 0.2) is 0 Å². The number of hydrogen-bond acceptors (Lipinski definition) is 2. The van der Waals surface area contributed by atoms with Gasteiger partial charge in [-0.3, -0.25) is 0 Å². The van der Waals surface area contributed by atoms with Gasteiger partial charge in [-0.25, -0.2) is 4.79 Å². The number of likely N-dealkylation sites (tertiary alicyclic amines) is 1. The van der Waals surface area contributed by atoms with Crippen LogP contribution in [0.1, 0.15) is 38.5 Å². The maximum absolute atomic E-state index is 11.9. The number of hydrogen-bond donors (Lipinski definition) is 1. The molecule has 2 fully saturated rings. The van der Waals surface area contributed by atoms with Gasteiger partial charge in [0.25, 0.3) is 0 Å². The van der Waals surface area contributed by atoms with Gasteiger partial charge in [0, 0.05) is 13.1 Å². The number of carbonyl (C=O) groups is 1. The minimum atomic E-state index is -0.268. The molecule has 1 aliphatic carbocycles. The predicted molar refractivity (Wildman–Crippen MR) is 60.7 cm³/mol. The zero-order valence-corrected chi connectivity index (χ0v) is 9.61. The fraction of sp³-hybridized carbons (Fsp3) is 0.833. The molecule has 1 saturated heterocycles. The standard InChI is InChI=1S/C12H19N3O/c13-9-11(10-5-6-10)14-12(16)15-7-3-1-2-4-8-15/h10-11H,1-8H2,(H,14,16). The van der Waals surface area contributed by atoms with E-state index in [1.54, 1.807) is 0 Å².